The summed E-state index contributed by atoms with van der Waals surface area (Å²) in [7, 11) is 0. The first-order valence-electron chi connectivity index (χ1n) is 9.34. The maximum atomic E-state index is 12.3. The summed E-state index contributed by atoms with van der Waals surface area (Å²) in [5.74, 6) is 1.24. The van der Waals surface area contributed by atoms with Crippen LogP contribution in [-0.4, -0.2) is 25.4 Å². The fourth-order valence-electron chi connectivity index (χ4n) is 3.36. The number of nitrogens with one attached hydrogen (secondary N) is 2. The molecule has 4 aromatic rings. The van der Waals surface area contributed by atoms with Crippen molar-refractivity contribution in [2.75, 3.05) is 0 Å². The minimum absolute atomic E-state index is 0.106. The van der Waals surface area contributed by atoms with Gasteiger partial charge in [0.2, 0.25) is 5.91 Å². The lowest BCUT2D eigenvalue weighted by molar-refractivity contribution is -0.121. The molecule has 2 N–H and O–H groups in total. The molecule has 2 aromatic heterocycles. The molecule has 0 aliphatic carbocycles. The highest BCUT2D eigenvalue weighted by Crippen LogP contribution is 2.15. The standard InChI is InChI=1S/C21H21N5O2/c1-2-26-17-10-6-5-9-16(17)24-19(26)13-22-20(27)12-11-18-23-15-8-4-3-7-14(15)21(28)25-18/h3-10H,2,11-13H2,1H3,(H,22,27)(H,23,25,28). The number of aryl methyl sites for hydroxylation is 2. The van der Waals surface area contributed by atoms with Gasteiger partial charge >= 0.3 is 0 Å². The number of carbonyl (C=O) groups excluding carboxylic acids is 1. The highest BCUT2D eigenvalue weighted by molar-refractivity contribution is 5.78. The molecule has 2 heterocycles. The molecule has 7 nitrogen and oxygen atoms in total. The number of amides is 1. The van der Waals surface area contributed by atoms with Crippen molar-refractivity contribution in [2.45, 2.75) is 32.9 Å². The van der Waals surface area contributed by atoms with Crippen LogP contribution in [0.15, 0.2) is 53.3 Å². The largest absolute Gasteiger partial charge is 0.349 e. The molecular weight excluding hydrogens is 354 g/mol. The number of aromatic nitrogens is 4. The molecule has 0 spiro atoms. The van der Waals surface area contributed by atoms with E-state index >= 15 is 0 Å². The highest BCUT2D eigenvalue weighted by atomic mass is 16.1. The van der Waals surface area contributed by atoms with Crippen LogP contribution in [0.3, 0.4) is 0 Å². The van der Waals surface area contributed by atoms with Crippen LogP contribution in [0.5, 0.6) is 0 Å². The normalized spacial score (nSPS) is 11.2. The summed E-state index contributed by atoms with van der Waals surface area (Å²) in [6.07, 6.45) is 0.615. The molecule has 28 heavy (non-hydrogen) atoms. The fourth-order valence-corrected chi connectivity index (χ4v) is 3.36. The van der Waals surface area contributed by atoms with E-state index in [0.717, 1.165) is 23.4 Å². The Kier molecular flexibility index (Phi) is 4.89. The lowest BCUT2D eigenvalue weighted by Gasteiger charge is -2.08. The summed E-state index contributed by atoms with van der Waals surface area (Å²) in [5, 5.41) is 3.46. The van der Waals surface area contributed by atoms with Crippen LogP contribution < -0.4 is 10.9 Å². The number of aromatic amines is 1. The van der Waals surface area contributed by atoms with Gasteiger partial charge < -0.3 is 14.9 Å². The molecule has 0 saturated carbocycles. The lowest BCUT2D eigenvalue weighted by atomic mass is 10.2. The number of hydrogen-bond acceptors (Lipinski definition) is 4. The smallest absolute Gasteiger partial charge is 0.258 e. The third-order valence-electron chi connectivity index (χ3n) is 4.74. The van der Waals surface area contributed by atoms with Gasteiger partial charge in [-0.2, -0.15) is 0 Å². The van der Waals surface area contributed by atoms with Gasteiger partial charge in [-0.1, -0.05) is 24.3 Å². The molecule has 0 atom stereocenters. The van der Waals surface area contributed by atoms with Crippen LogP contribution in [0.1, 0.15) is 25.0 Å². The van der Waals surface area contributed by atoms with Crippen LogP contribution in [0.25, 0.3) is 21.9 Å². The molecule has 2 aromatic carbocycles. The number of carbonyl (C=O) groups is 1. The molecule has 4 rings (SSSR count). The second kappa shape index (κ2) is 7.64. The van der Waals surface area contributed by atoms with Gasteiger partial charge in [-0.25, -0.2) is 9.97 Å². The van der Waals surface area contributed by atoms with Crippen molar-refractivity contribution >= 4 is 27.8 Å². The molecule has 0 radical (unpaired) electrons. The first-order chi connectivity index (χ1) is 13.7. The molecule has 0 aliphatic heterocycles. The third kappa shape index (κ3) is 3.51. The number of nitrogens with zero attached hydrogens (tertiary/aromatic N) is 3. The summed E-state index contributed by atoms with van der Waals surface area (Å²) >= 11 is 0. The Morgan fingerprint density at radius 3 is 2.64 bits per heavy atom. The summed E-state index contributed by atoms with van der Waals surface area (Å²) in [4.78, 5) is 36.2. The second-order valence-corrected chi connectivity index (χ2v) is 6.57. The molecule has 1 amide bonds. The zero-order valence-electron chi connectivity index (χ0n) is 15.6. The predicted molar refractivity (Wildman–Crippen MR) is 108 cm³/mol. The zero-order valence-corrected chi connectivity index (χ0v) is 15.6. The fraction of sp³-hybridized carbons (Fsp3) is 0.238. The molecule has 0 bridgehead atoms. The van der Waals surface area contributed by atoms with Crippen LogP contribution in [0, 0.1) is 0 Å². The third-order valence-corrected chi connectivity index (χ3v) is 4.74. The van der Waals surface area contributed by atoms with E-state index in [4.69, 9.17) is 0 Å². The molecule has 7 heteroatoms. The van der Waals surface area contributed by atoms with Crippen LogP contribution in [-0.2, 0) is 24.3 Å². The van der Waals surface area contributed by atoms with E-state index in [2.05, 4.69) is 31.8 Å². The number of rotatable bonds is 6. The van der Waals surface area contributed by atoms with Gasteiger partial charge in [0.05, 0.1) is 28.5 Å². The maximum absolute atomic E-state index is 12.3. The van der Waals surface area contributed by atoms with Crippen molar-refractivity contribution in [2.24, 2.45) is 0 Å². The Morgan fingerprint density at radius 2 is 1.82 bits per heavy atom. The molecular formula is C21H21N5O2. The summed E-state index contributed by atoms with van der Waals surface area (Å²) < 4.78 is 2.10. The molecule has 0 saturated heterocycles. The van der Waals surface area contributed by atoms with Gasteiger partial charge in [0.1, 0.15) is 11.6 Å². The van der Waals surface area contributed by atoms with Gasteiger partial charge in [-0.3, -0.25) is 9.59 Å². The van der Waals surface area contributed by atoms with Crippen molar-refractivity contribution in [3.63, 3.8) is 0 Å². The zero-order chi connectivity index (χ0) is 19.5. The number of H-pyrrole nitrogens is 1. The Balaban J connectivity index is 1.41. The average molecular weight is 375 g/mol. The van der Waals surface area contributed by atoms with Gasteiger partial charge in [-0.05, 0) is 31.2 Å². The summed E-state index contributed by atoms with van der Waals surface area (Å²) in [5.41, 5.74) is 2.44. The Morgan fingerprint density at radius 1 is 1.07 bits per heavy atom. The molecule has 0 aliphatic rings. The first kappa shape index (κ1) is 17.9. The van der Waals surface area contributed by atoms with Crippen LogP contribution >= 0.6 is 0 Å². The molecule has 0 fully saturated rings. The van der Waals surface area contributed by atoms with E-state index in [-0.39, 0.29) is 17.9 Å². The number of imidazole rings is 1. The quantitative estimate of drug-likeness (QED) is 0.542. The van der Waals surface area contributed by atoms with Crippen molar-refractivity contribution in [3.8, 4) is 0 Å². The maximum Gasteiger partial charge on any atom is 0.258 e. The van der Waals surface area contributed by atoms with Gasteiger partial charge in [-0.15, -0.1) is 0 Å². The first-order valence-corrected chi connectivity index (χ1v) is 9.34. The number of benzene rings is 2. The average Bonchev–Trinajstić information content (AvgIpc) is 3.08. The van der Waals surface area contributed by atoms with E-state index in [1.54, 1.807) is 18.2 Å². The van der Waals surface area contributed by atoms with Crippen LogP contribution in [0.4, 0.5) is 0 Å². The minimum Gasteiger partial charge on any atom is -0.349 e. The van der Waals surface area contributed by atoms with E-state index in [1.165, 1.54) is 0 Å². The van der Waals surface area contributed by atoms with E-state index in [1.807, 2.05) is 30.3 Å². The Hall–Kier alpha value is -3.48. The predicted octanol–water partition coefficient (Wildman–Crippen LogP) is 2.54. The Bertz CT molecular complexity index is 1210. The van der Waals surface area contributed by atoms with Crippen molar-refractivity contribution < 1.29 is 4.79 Å². The number of fused-ring (bicyclic) bond motifs is 2. The van der Waals surface area contributed by atoms with E-state index in [9.17, 15) is 9.59 Å². The Labute approximate surface area is 161 Å². The number of hydrogen-bond donors (Lipinski definition) is 2. The van der Waals surface area contributed by atoms with Crippen molar-refractivity contribution in [1.82, 2.24) is 24.8 Å². The van der Waals surface area contributed by atoms with Gasteiger partial charge in [0.15, 0.2) is 0 Å². The van der Waals surface area contributed by atoms with Gasteiger partial charge in [0.25, 0.3) is 5.56 Å². The second-order valence-electron chi connectivity index (χ2n) is 6.57. The lowest BCUT2D eigenvalue weighted by Crippen LogP contribution is -2.25. The number of para-hydroxylation sites is 3. The van der Waals surface area contributed by atoms with Crippen molar-refractivity contribution in [1.29, 1.82) is 0 Å². The van der Waals surface area contributed by atoms with Gasteiger partial charge in [0, 0.05) is 19.4 Å². The van der Waals surface area contributed by atoms with Crippen LogP contribution in [0.2, 0.25) is 0 Å². The molecule has 0 unspecified atom stereocenters. The molecule has 142 valence electrons. The monoisotopic (exact) mass is 375 g/mol. The summed E-state index contributed by atoms with van der Waals surface area (Å²) in [6.45, 7) is 3.21. The van der Waals surface area contributed by atoms with Crippen molar-refractivity contribution in [3.05, 3.63) is 70.5 Å². The minimum atomic E-state index is -0.183. The highest BCUT2D eigenvalue weighted by Gasteiger charge is 2.11. The summed E-state index contributed by atoms with van der Waals surface area (Å²) in [6, 6.07) is 15.1. The topological polar surface area (TPSA) is 92.7 Å². The van der Waals surface area contributed by atoms with E-state index in [0.29, 0.717) is 29.7 Å². The van der Waals surface area contributed by atoms with E-state index < -0.39 is 0 Å². The SMILES string of the molecule is CCn1c(CNC(=O)CCc2nc3ccccc3c(=O)[nH]2)nc2ccccc21.